The van der Waals surface area contributed by atoms with Gasteiger partial charge in [-0.15, -0.1) is 10.2 Å². The van der Waals surface area contributed by atoms with Crippen molar-refractivity contribution in [2.24, 2.45) is 0 Å². The number of amides is 1. The van der Waals surface area contributed by atoms with Crippen LogP contribution >= 0.6 is 11.8 Å². The summed E-state index contributed by atoms with van der Waals surface area (Å²) in [7, 11) is 1.56. The van der Waals surface area contributed by atoms with Crippen LogP contribution in [-0.2, 0) is 17.5 Å². The Morgan fingerprint density at radius 2 is 1.90 bits per heavy atom. The number of ether oxygens (including phenoxy) is 1. The van der Waals surface area contributed by atoms with Gasteiger partial charge in [-0.2, -0.15) is 13.2 Å². The summed E-state index contributed by atoms with van der Waals surface area (Å²) in [6, 6.07) is 11.9. The van der Waals surface area contributed by atoms with Crippen molar-refractivity contribution in [3.05, 3.63) is 54.1 Å². The molecule has 0 saturated carbocycles. The topological polar surface area (TPSA) is 69.0 Å². The Hall–Kier alpha value is -3.01. The highest BCUT2D eigenvalue weighted by Crippen LogP contribution is 2.32. The van der Waals surface area contributed by atoms with E-state index in [0.717, 1.165) is 23.9 Å². The molecule has 1 N–H and O–H groups in total. The van der Waals surface area contributed by atoms with E-state index in [1.807, 2.05) is 6.92 Å². The van der Waals surface area contributed by atoms with E-state index in [4.69, 9.17) is 4.74 Å². The number of anilines is 1. The minimum absolute atomic E-state index is 0.0761. The highest BCUT2D eigenvalue weighted by atomic mass is 32.2. The Labute approximate surface area is 175 Å². The molecule has 1 aromatic heterocycles. The second-order valence-electron chi connectivity index (χ2n) is 6.19. The van der Waals surface area contributed by atoms with Crippen molar-refractivity contribution in [1.82, 2.24) is 14.8 Å². The second kappa shape index (κ2) is 9.21. The standard InChI is InChI=1S/C20H19F3N4O2S/c1-3-27-18(13-5-4-6-14(11-13)20(21,22)23)25-26-19(27)30-12-17(28)24-15-7-9-16(29-2)10-8-15/h4-11H,3,12H2,1-2H3,(H,24,28). The molecule has 0 bridgehead atoms. The molecule has 0 aliphatic rings. The molecule has 158 valence electrons. The van der Waals surface area contributed by atoms with Gasteiger partial charge in [0.2, 0.25) is 5.91 Å². The molecule has 1 heterocycles. The van der Waals surface area contributed by atoms with Gasteiger partial charge in [0.05, 0.1) is 18.4 Å². The van der Waals surface area contributed by atoms with Crippen molar-refractivity contribution in [3.8, 4) is 17.1 Å². The van der Waals surface area contributed by atoms with Crippen LogP contribution in [0.4, 0.5) is 18.9 Å². The number of benzene rings is 2. The molecule has 1 amide bonds. The van der Waals surface area contributed by atoms with Crippen LogP contribution in [-0.4, -0.2) is 33.5 Å². The number of thioether (sulfide) groups is 1. The molecule has 3 rings (SSSR count). The van der Waals surface area contributed by atoms with Crippen LogP contribution in [0.2, 0.25) is 0 Å². The Balaban J connectivity index is 1.70. The molecule has 0 fully saturated rings. The summed E-state index contributed by atoms with van der Waals surface area (Å²) in [5.74, 6) is 0.839. The van der Waals surface area contributed by atoms with Crippen molar-refractivity contribution >= 4 is 23.4 Å². The molecule has 30 heavy (non-hydrogen) atoms. The maximum atomic E-state index is 13.0. The average Bonchev–Trinajstić information content (AvgIpc) is 3.15. The zero-order valence-corrected chi connectivity index (χ0v) is 17.0. The molecule has 0 aliphatic carbocycles. The molecule has 2 aromatic carbocycles. The number of methoxy groups -OCH3 is 1. The molecular weight excluding hydrogens is 417 g/mol. The maximum absolute atomic E-state index is 13.0. The molecule has 0 spiro atoms. The molecule has 0 aliphatic heterocycles. The molecule has 3 aromatic rings. The Morgan fingerprint density at radius 1 is 1.17 bits per heavy atom. The summed E-state index contributed by atoms with van der Waals surface area (Å²) in [6.45, 7) is 2.28. The number of carbonyl (C=O) groups excluding carboxylic acids is 1. The van der Waals surface area contributed by atoms with Crippen molar-refractivity contribution in [3.63, 3.8) is 0 Å². The van der Waals surface area contributed by atoms with E-state index in [-0.39, 0.29) is 11.7 Å². The number of hydrogen-bond donors (Lipinski definition) is 1. The first-order valence-corrected chi connectivity index (χ1v) is 9.98. The summed E-state index contributed by atoms with van der Waals surface area (Å²) < 4.78 is 45.8. The van der Waals surface area contributed by atoms with E-state index < -0.39 is 11.7 Å². The van der Waals surface area contributed by atoms with E-state index in [9.17, 15) is 18.0 Å². The third-order valence-electron chi connectivity index (χ3n) is 4.19. The van der Waals surface area contributed by atoms with Gasteiger partial charge < -0.3 is 14.6 Å². The smallest absolute Gasteiger partial charge is 0.416 e. The van der Waals surface area contributed by atoms with Crippen LogP contribution in [0.1, 0.15) is 12.5 Å². The molecule has 6 nitrogen and oxygen atoms in total. The second-order valence-corrected chi connectivity index (χ2v) is 7.14. The van der Waals surface area contributed by atoms with Crippen molar-refractivity contribution in [2.75, 3.05) is 18.2 Å². The lowest BCUT2D eigenvalue weighted by atomic mass is 10.1. The molecule has 0 unspecified atom stereocenters. The number of rotatable bonds is 7. The lowest BCUT2D eigenvalue weighted by Crippen LogP contribution is -2.14. The summed E-state index contributed by atoms with van der Waals surface area (Å²) in [5.41, 5.74) is 0.190. The van der Waals surface area contributed by atoms with E-state index in [2.05, 4.69) is 15.5 Å². The first kappa shape index (κ1) is 21.7. The van der Waals surface area contributed by atoms with Gasteiger partial charge >= 0.3 is 6.18 Å². The Kier molecular flexibility index (Phi) is 6.66. The normalized spacial score (nSPS) is 11.4. The molecule has 10 heteroatoms. The van der Waals surface area contributed by atoms with E-state index >= 15 is 0 Å². The number of alkyl halides is 3. The fraction of sp³-hybridized carbons (Fsp3) is 0.250. The van der Waals surface area contributed by atoms with Gasteiger partial charge in [-0.05, 0) is 43.3 Å². The monoisotopic (exact) mass is 436 g/mol. The number of halogens is 3. The van der Waals surface area contributed by atoms with Gasteiger partial charge in [-0.1, -0.05) is 23.9 Å². The van der Waals surface area contributed by atoms with Crippen LogP contribution in [0.15, 0.2) is 53.7 Å². The highest BCUT2D eigenvalue weighted by molar-refractivity contribution is 7.99. The van der Waals surface area contributed by atoms with Crippen LogP contribution in [0, 0.1) is 0 Å². The Bertz CT molecular complexity index is 1020. The number of nitrogens with zero attached hydrogens (tertiary/aromatic N) is 3. The lowest BCUT2D eigenvalue weighted by Gasteiger charge is -2.10. The fourth-order valence-electron chi connectivity index (χ4n) is 2.73. The zero-order chi connectivity index (χ0) is 21.7. The number of carbonyl (C=O) groups is 1. The van der Waals surface area contributed by atoms with Gasteiger partial charge in [-0.25, -0.2) is 0 Å². The zero-order valence-electron chi connectivity index (χ0n) is 16.2. The van der Waals surface area contributed by atoms with Crippen LogP contribution in [0.3, 0.4) is 0 Å². The van der Waals surface area contributed by atoms with Gasteiger partial charge in [0.1, 0.15) is 5.75 Å². The van der Waals surface area contributed by atoms with Gasteiger partial charge in [-0.3, -0.25) is 4.79 Å². The number of hydrogen-bond acceptors (Lipinski definition) is 5. The number of nitrogens with one attached hydrogen (secondary N) is 1. The minimum atomic E-state index is -4.44. The average molecular weight is 436 g/mol. The fourth-order valence-corrected chi connectivity index (χ4v) is 3.53. The minimum Gasteiger partial charge on any atom is -0.497 e. The van der Waals surface area contributed by atoms with Gasteiger partial charge in [0.15, 0.2) is 11.0 Å². The number of aromatic nitrogens is 3. The van der Waals surface area contributed by atoms with E-state index in [0.29, 0.717) is 34.5 Å². The summed E-state index contributed by atoms with van der Waals surface area (Å²) in [4.78, 5) is 12.2. The molecule has 0 atom stereocenters. The third-order valence-corrected chi connectivity index (χ3v) is 5.15. The van der Waals surface area contributed by atoms with Gasteiger partial charge in [0.25, 0.3) is 0 Å². The van der Waals surface area contributed by atoms with Crippen LogP contribution < -0.4 is 10.1 Å². The Morgan fingerprint density at radius 3 is 2.53 bits per heavy atom. The molecule has 0 radical (unpaired) electrons. The largest absolute Gasteiger partial charge is 0.497 e. The third kappa shape index (κ3) is 5.12. The molecule has 0 saturated heterocycles. The van der Waals surface area contributed by atoms with Crippen molar-refractivity contribution in [1.29, 1.82) is 0 Å². The van der Waals surface area contributed by atoms with Crippen LogP contribution in [0.5, 0.6) is 5.75 Å². The van der Waals surface area contributed by atoms with E-state index in [1.54, 1.807) is 42.0 Å². The summed E-state index contributed by atoms with van der Waals surface area (Å²) in [6.07, 6.45) is -4.44. The van der Waals surface area contributed by atoms with E-state index in [1.165, 1.54) is 6.07 Å². The van der Waals surface area contributed by atoms with Crippen LogP contribution in [0.25, 0.3) is 11.4 Å². The van der Waals surface area contributed by atoms with Crippen molar-refractivity contribution < 1.29 is 22.7 Å². The summed E-state index contributed by atoms with van der Waals surface area (Å²) >= 11 is 1.16. The first-order valence-electron chi connectivity index (χ1n) is 8.99. The molecular formula is C20H19F3N4O2S. The predicted octanol–water partition coefficient (Wildman–Crippen LogP) is 4.72. The van der Waals surface area contributed by atoms with Gasteiger partial charge in [0, 0.05) is 17.8 Å². The summed E-state index contributed by atoms with van der Waals surface area (Å²) in [5, 5.41) is 11.3. The SMILES string of the molecule is CCn1c(SCC(=O)Nc2ccc(OC)cc2)nnc1-c1cccc(C(F)(F)F)c1. The lowest BCUT2D eigenvalue weighted by molar-refractivity contribution is -0.137. The first-order chi connectivity index (χ1) is 14.3. The van der Waals surface area contributed by atoms with Crippen molar-refractivity contribution in [2.45, 2.75) is 24.8 Å². The highest BCUT2D eigenvalue weighted by Gasteiger charge is 2.31. The predicted molar refractivity (Wildman–Crippen MR) is 108 cm³/mol. The quantitative estimate of drug-likeness (QED) is 0.543. The maximum Gasteiger partial charge on any atom is 0.416 e.